The van der Waals surface area contributed by atoms with Crippen molar-refractivity contribution in [2.24, 2.45) is 0 Å². The van der Waals surface area contributed by atoms with E-state index in [0.717, 1.165) is 22.4 Å². The van der Waals surface area contributed by atoms with Crippen molar-refractivity contribution < 1.29 is 9.47 Å². The second kappa shape index (κ2) is 7.58. The third kappa shape index (κ3) is 4.12. The molecule has 0 aromatic heterocycles. The molecule has 1 aliphatic carbocycles. The highest BCUT2D eigenvalue weighted by Gasteiger charge is 2.28. The average Bonchev–Trinajstić information content (AvgIpc) is 3.12. The highest BCUT2D eigenvalue weighted by Crippen LogP contribution is 2.30. The summed E-state index contributed by atoms with van der Waals surface area (Å²) in [7, 11) is 4.55. The number of benzene rings is 2. The molecule has 0 spiro atoms. The molecule has 25 heavy (non-hydrogen) atoms. The van der Waals surface area contributed by atoms with Crippen LogP contribution in [0.4, 0.5) is 5.69 Å². The van der Waals surface area contributed by atoms with E-state index in [9.17, 15) is 0 Å². The van der Waals surface area contributed by atoms with Crippen LogP contribution in [0.5, 0.6) is 11.5 Å². The van der Waals surface area contributed by atoms with Crippen molar-refractivity contribution in [2.75, 3.05) is 20.9 Å². The van der Waals surface area contributed by atoms with Gasteiger partial charge in [0.05, 0.1) is 14.1 Å². The van der Waals surface area contributed by atoms with Crippen LogP contribution in [0.15, 0.2) is 72.8 Å². The van der Waals surface area contributed by atoms with Crippen molar-refractivity contribution in [3.8, 4) is 11.5 Å². The van der Waals surface area contributed by atoms with Crippen LogP contribution in [-0.2, 0) is 0 Å². The van der Waals surface area contributed by atoms with Crippen LogP contribution in [0, 0.1) is 6.92 Å². The van der Waals surface area contributed by atoms with E-state index < -0.39 is 0 Å². The highest BCUT2D eigenvalue weighted by molar-refractivity contribution is 5.45. The molecular weight excluding hydrogens is 310 g/mol. The number of quaternary nitrogens is 1. The smallest absolute Gasteiger partial charge is 0.231 e. The zero-order valence-corrected chi connectivity index (χ0v) is 15.2. The van der Waals surface area contributed by atoms with Crippen molar-refractivity contribution >= 4 is 5.69 Å². The molecular formula is C22H26NO2+. The maximum Gasteiger partial charge on any atom is 0.231 e. The van der Waals surface area contributed by atoms with Crippen molar-refractivity contribution in [2.45, 2.75) is 19.4 Å². The summed E-state index contributed by atoms with van der Waals surface area (Å²) < 4.78 is 11.1. The number of para-hydroxylation sites is 2. The number of fused-ring (bicyclic) bond motifs is 1. The Bertz CT molecular complexity index is 737. The molecule has 1 atom stereocenters. The normalized spacial score (nSPS) is 17.8. The monoisotopic (exact) mass is 336 g/mol. The van der Waals surface area contributed by atoms with Gasteiger partial charge in [0.15, 0.2) is 11.5 Å². The fourth-order valence-electron chi connectivity index (χ4n) is 3.01. The quantitative estimate of drug-likeness (QED) is 0.729. The Labute approximate surface area is 150 Å². The minimum absolute atomic E-state index is 0.360. The summed E-state index contributed by atoms with van der Waals surface area (Å²) in [6.45, 7) is 2.49. The van der Waals surface area contributed by atoms with E-state index in [1.807, 2.05) is 24.3 Å². The van der Waals surface area contributed by atoms with E-state index in [4.69, 9.17) is 9.47 Å². The standard InChI is InChI=1S/C15H20N.C7H6O2/c1-13-9-11-15(12-10-13)16(2,3)14-7-5-4-6-8-14;1-2-4-7-6(3-1)8-5-9-7/h4-7,9-12,14H,8H2,1-3H3;1-4H,5H2/q+1;. The first kappa shape index (κ1) is 17.3. The number of hydrogen-bond donors (Lipinski definition) is 0. The largest absolute Gasteiger partial charge is 0.454 e. The Hall–Kier alpha value is -2.52. The molecule has 0 N–H and O–H groups in total. The Balaban J connectivity index is 0.000000170. The van der Waals surface area contributed by atoms with Gasteiger partial charge in [0.1, 0.15) is 11.7 Å². The second-order valence-electron chi connectivity index (χ2n) is 6.84. The molecule has 0 amide bonds. The summed E-state index contributed by atoms with van der Waals surface area (Å²) in [5.41, 5.74) is 2.69. The Morgan fingerprint density at radius 1 is 0.880 bits per heavy atom. The lowest BCUT2D eigenvalue weighted by atomic mass is 10.0. The minimum atomic E-state index is 0.360. The van der Waals surface area contributed by atoms with Crippen molar-refractivity contribution in [3.05, 3.63) is 78.4 Å². The number of allylic oxidation sites excluding steroid dienone is 2. The minimum Gasteiger partial charge on any atom is -0.454 e. The molecule has 1 aliphatic heterocycles. The van der Waals surface area contributed by atoms with Gasteiger partial charge in [0.25, 0.3) is 0 Å². The van der Waals surface area contributed by atoms with Crippen LogP contribution in [0.3, 0.4) is 0 Å². The molecule has 4 rings (SSSR count). The zero-order valence-electron chi connectivity index (χ0n) is 15.2. The van der Waals surface area contributed by atoms with Gasteiger partial charge in [-0.05, 0) is 37.3 Å². The molecule has 0 radical (unpaired) electrons. The van der Waals surface area contributed by atoms with E-state index in [1.165, 1.54) is 11.3 Å². The second-order valence-corrected chi connectivity index (χ2v) is 6.84. The number of nitrogens with zero attached hydrogens (tertiary/aromatic N) is 1. The molecule has 0 saturated heterocycles. The van der Waals surface area contributed by atoms with Gasteiger partial charge in [-0.15, -0.1) is 0 Å². The van der Waals surface area contributed by atoms with Gasteiger partial charge in [-0.25, -0.2) is 0 Å². The summed E-state index contributed by atoms with van der Waals surface area (Å²) in [5, 5.41) is 0. The van der Waals surface area contributed by atoms with Crippen LogP contribution in [0.1, 0.15) is 12.0 Å². The molecule has 1 heterocycles. The zero-order chi connectivity index (χ0) is 17.7. The van der Waals surface area contributed by atoms with Gasteiger partial charge in [-0.3, -0.25) is 4.48 Å². The number of aryl methyl sites for hydroxylation is 1. The van der Waals surface area contributed by atoms with Crippen LogP contribution in [0.2, 0.25) is 0 Å². The summed E-state index contributed by atoms with van der Waals surface area (Å²) in [5.74, 6) is 1.69. The fraction of sp³-hybridized carbons (Fsp3) is 0.273. The average molecular weight is 336 g/mol. The molecule has 3 heteroatoms. The maximum absolute atomic E-state index is 5.08. The Morgan fingerprint density at radius 2 is 1.52 bits per heavy atom. The first-order chi connectivity index (χ1) is 12.1. The van der Waals surface area contributed by atoms with Gasteiger partial charge in [0, 0.05) is 6.42 Å². The third-order valence-electron chi connectivity index (χ3n) is 4.76. The lowest BCUT2D eigenvalue weighted by Crippen LogP contribution is -2.49. The van der Waals surface area contributed by atoms with Crippen LogP contribution >= 0.6 is 0 Å². The lowest BCUT2D eigenvalue weighted by Gasteiger charge is -2.36. The maximum atomic E-state index is 5.08. The molecule has 2 aromatic rings. The summed E-state index contributed by atoms with van der Waals surface area (Å²) in [6.07, 6.45) is 9.96. The third-order valence-corrected chi connectivity index (χ3v) is 4.76. The van der Waals surface area contributed by atoms with E-state index in [0.29, 0.717) is 12.8 Å². The van der Waals surface area contributed by atoms with E-state index in [-0.39, 0.29) is 0 Å². The molecule has 3 nitrogen and oxygen atoms in total. The van der Waals surface area contributed by atoms with Gasteiger partial charge in [-0.2, -0.15) is 0 Å². The Kier molecular flexibility index (Phi) is 5.25. The number of hydrogen-bond acceptors (Lipinski definition) is 2. The molecule has 1 unspecified atom stereocenters. The van der Waals surface area contributed by atoms with Crippen LogP contribution in [0.25, 0.3) is 0 Å². The first-order valence-electron chi connectivity index (χ1n) is 8.66. The van der Waals surface area contributed by atoms with Gasteiger partial charge >= 0.3 is 0 Å². The first-order valence-corrected chi connectivity index (χ1v) is 8.66. The van der Waals surface area contributed by atoms with Crippen molar-refractivity contribution in [3.63, 3.8) is 0 Å². The highest BCUT2D eigenvalue weighted by atomic mass is 16.7. The van der Waals surface area contributed by atoms with Gasteiger partial charge in [-0.1, -0.05) is 48.1 Å². The number of rotatable bonds is 2. The molecule has 2 aromatic carbocycles. The van der Waals surface area contributed by atoms with E-state index in [2.05, 4.69) is 69.6 Å². The molecule has 0 fully saturated rings. The van der Waals surface area contributed by atoms with E-state index in [1.54, 1.807) is 0 Å². The number of likely N-dealkylation sites (N-methyl/N-ethyl adjacent to an activating group) is 1. The predicted molar refractivity (Wildman–Crippen MR) is 104 cm³/mol. The Morgan fingerprint density at radius 3 is 2.08 bits per heavy atom. The molecule has 130 valence electrons. The molecule has 0 bridgehead atoms. The summed E-state index contributed by atoms with van der Waals surface area (Å²) >= 11 is 0. The lowest BCUT2D eigenvalue weighted by molar-refractivity contribution is 0.174. The van der Waals surface area contributed by atoms with Crippen molar-refractivity contribution in [1.29, 1.82) is 0 Å². The summed E-state index contributed by atoms with van der Waals surface area (Å²) in [6, 6.07) is 17.0. The van der Waals surface area contributed by atoms with Gasteiger partial charge < -0.3 is 9.47 Å². The predicted octanol–water partition coefficient (Wildman–Crippen LogP) is 4.86. The van der Waals surface area contributed by atoms with Crippen LogP contribution < -0.4 is 14.0 Å². The SMILES string of the molecule is Cc1ccc([N+](C)(C)C2C=CC=CC2)cc1.c1ccc2c(c1)OCO2. The summed E-state index contributed by atoms with van der Waals surface area (Å²) in [4.78, 5) is 0. The molecule has 0 saturated carbocycles. The van der Waals surface area contributed by atoms with E-state index >= 15 is 0 Å². The van der Waals surface area contributed by atoms with Crippen LogP contribution in [-0.4, -0.2) is 26.9 Å². The number of ether oxygens (including phenoxy) is 2. The van der Waals surface area contributed by atoms with Crippen molar-refractivity contribution in [1.82, 2.24) is 4.48 Å². The fourth-order valence-corrected chi connectivity index (χ4v) is 3.01. The molecule has 2 aliphatic rings. The van der Waals surface area contributed by atoms with Gasteiger partial charge in [0.2, 0.25) is 6.79 Å². The topological polar surface area (TPSA) is 18.5 Å².